The second-order valence-corrected chi connectivity index (χ2v) is 6.93. The summed E-state index contributed by atoms with van der Waals surface area (Å²) in [7, 11) is 0. The van der Waals surface area contributed by atoms with E-state index < -0.39 is 0 Å². The third-order valence-corrected chi connectivity index (χ3v) is 4.57. The number of nitrogens with zero attached hydrogens (tertiary/aromatic N) is 3. The second kappa shape index (κ2) is 10.0. The predicted octanol–water partition coefficient (Wildman–Crippen LogP) is 4.13. The number of aromatic nitrogens is 2. The Bertz CT molecular complexity index is 1140. The molecule has 3 aromatic carbocycles. The molecule has 0 radical (unpaired) electrons. The SMILES string of the molecule is O=C(COc1ccc(-c2ccccc2)cc1)N/N=C\c1cnn(Cc2ccccc2)c1. The van der Waals surface area contributed by atoms with Gasteiger partial charge in [0.2, 0.25) is 0 Å². The molecule has 4 rings (SSSR count). The number of benzene rings is 3. The molecule has 4 aromatic rings. The summed E-state index contributed by atoms with van der Waals surface area (Å²) < 4.78 is 7.35. The highest BCUT2D eigenvalue weighted by Gasteiger charge is 2.03. The van der Waals surface area contributed by atoms with Crippen molar-refractivity contribution in [2.24, 2.45) is 5.10 Å². The van der Waals surface area contributed by atoms with Gasteiger partial charge in [0, 0.05) is 11.8 Å². The minimum atomic E-state index is -0.333. The molecule has 0 aliphatic heterocycles. The lowest BCUT2D eigenvalue weighted by molar-refractivity contribution is -0.123. The quantitative estimate of drug-likeness (QED) is 0.351. The van der Waals surface area contributed by atoms with E-state index in [9.17, 15) is 4.79 Å². The molecule has 0 aliphatic rings. The Morgan fingerprint density at radius 1 is 0.935 bits per heavy atom. The summed E-state index contributed by atoms with van der Waals surface area (Å²) in [6, 6.07) is 27.8. The molecule has 31 heavy (non-hydrogen) atoms. The van der Waals surface area contributed by atoms with E-state index in [2.05, 4.69) is 15.6 Å². The van der Waals surface area contributed by atoms with Crippen LogP contribution in [0.25, 0.3) is 11.1 Å². The molecule has 0 bridgehead atoms. The van der Waals surface area contributed by atoms with Gasteiger partial charge in [0.25, 0.3) is 5.91 Å². The highest BCUT2D eigenvalue weighted by Crippen LogP contribution is 2.21. The normalized spacial score (nSPS) is 10.8. The van der Waals surface area contributed by atoms with Gasteiger partial charge < -0.3 is 4.74 Å². The molecular weight excluding hydrogens is 388 g/mol. The number of amides is 1. The third kappa shape index (κ3) is 5.90. The molecule has 0 saturated heterocycles. The molecule has 1 heterocycles. The lowest BCUT2D eigenvalue weighted by Gasteiger charge is -2.06. The number of carbonyl (C=O) groups is 1. The topological polar surface area (TPSA) is 68.5 Å². The average molecular weight is 410 g/mol. The molecule has 0 saturated carbocycles. The zero-order chi connectivity index (χ0) is 21.3. The minimum Gasteiger partial charge on any atom is -0.484 e. The van der Waals surface area contributed by atoms with Crippen LogP contribution in [0.3, 0.4) is 0 Å². The van der Waals surface area contributed by atoms with Crippen LogP contribution in [-0.2, 0) is 11.3 Å². The molecule has 0 fully saturated rings. The monoisotopic (exact) mass is 410 g/mol. The maximum absolute atomic E-state index is 12.0. The predicted molar refractivity (Wildman–Crippen MR) is 121 cm³/mol. The number of rotatable bonds is 8. The van der Waals surface area contributed by atoms with E-state index in [1.807, 2.05) is 95.8 Å². The fourth-order valence-electron chi connectivity index (χ4n) is 3.04. The van der Waals surface area contributed by atoms with E-state index in [1.165, 1.54) is 0 Å². The van der Waals surface area contributed by atoms with E-state index in [4.69, 9.17) is 4.74 Å². The summed E-state index contributed by atoms with van der Waals surface area (Å²) in [5.41, 5.74) is 6.65. The van der Waals surface area contributed by atoms with Crippen LogP contribution in [0.4, 0.5) is 0 Å². The highest BCUT2D eigenvalue weighted by molar-refractivity contribution is 5.82. The molecule has 1 aromatic heterocycles. The van der Waals surface area contributed by atoms with Crippen molar-refractivity contribution in [3.05, 3.63) is 108 Å². The van der Waals surface area contributed by atoms with Crippen molar-refractivity contribution in [1.29, 1.82) is 0 Å². The van der Waals surface area contributed by atoms with Crippen LogP contribution < -0.4 is 10.2 Å². The molecule has 6 heteroatoms. The number of hydrazone groups is 1. The lowest BCUT2D eigenvalue weighted by atomic mass is 10.1. The Balaban J connectivity index is 1.23. The number of nitrogens with one attached hydrogen (secondary N) is 1. The maximum Gasteiger partial charge on any atom is 0.277 e. The first kappa shape index (κ1) is 20.1. The minimum absolute atomic E-state index is 0.116. The van der Waals surface area contributed by atoms with Crippen molar-refractivity contribution in [2.45, 2.75) is 6.54 Å². The molecular formula is C25H22N4O2. The standard InChI is InChI=1S/C25H22N4O2/c30-25(19-31-24-13-11-23(12-14-24)22-9-5-2-6-10-22)28-26-15-21-16-27-29(18-21)17-20-7-3-1-4-8-20/h1-16,18H,17,19H2,(H,28,30)/b26-15-. The van der Waals surface area contributed by atoms with Crippen molar-refractivity contribution < 1.29 is 9.53 Å². The summed E-state index contributed by atoms with van der Waals surface area (Å²) in [5, 5.41) is 8.27. The van der Waals surface area contributed by atoms with Gasteiger partial charge in [0.1, 0.15) is 5.75 Å². The first-order valence-electron chi connectivity index (χ1n) is 9.93. The number of ether oxygens (including phenoxy) is 1. The van der Waals surface area contributed by atoms with Crippen molar-refractivity contribution in [3.8, 4) is 16.9 Å². The Kier molecular flexibility index (Phi) is 6.50. The van der Waals surface area contributed by atoms with Crippen LogP contribution in [0, 0.1) is 0 Å². The van der Waals surface area contributed by atoms with Crippen LogP contribution in [0.1, 0.15) is 11.1 Å². The molecule has 0 spiro atoms. The van der Waals surface area contributed by atoms with Crippen LogP contribution in [-0.4, -0.2) is 28.5 Å². The first-order chi connectivity index (χ1) is 15.3. The largest absolute Gasteiger partial charge is 0.484 e. The fraction of sp³-hybridized carbons (Fsp3) is 0.0800. The van der Waals surface area contributed by atoms with Gasteiger partial charge in [-0.1, -0.05) is 72.8 Å². The molecule has 0 unspecified atom stereocenters. The summed E-state index contributed by atoms with van der Waals surface area (Å²) in [4.78, 5) is 12.0. The maximum atomic E-state index is 12.0. The average Bonchev–Trinajstić information content (AvgIpc) is 3.26. The number of carbonyl (C=O) groups excluding carboxylic acids is 1. The molecule has 6 nitrogen and oxygen atoms in total. The molecule has 0 atom stereocenters. The lowest BCUT2D eigenvalue weighted by Crippen LogP contribution is -2.24. The number of hydrogen-bond donors (Lipinski definition) is 1. The zero-order valence-corrected chi connectivity index (χ0v) is 16.9. The summed E-state index contributed by atoms with van der Waals surface area (Å²) in [6.45, 7) is 0.563. The van der Waals surface area contributed by atoms with Crippen molar-refractivity contribution in [1.82, 2.24) is 15.2 Å². The molecule has 1 amide bonds. The summed E-state index contributed by atoms with van der Waals surface area (Å²) in [5.74, 6) is 0.293. The van der Waals surface area contributed by atoms with Crippen molar-refractivity contribution >= 4 is 12.1 Å². The summed E-state index contributed by atoms with van der Waals surface area (Å²) >= 11 is 0. The van der Waals surface area contributed by atoms with E-state index in [0.717, 1.165) is 22.3 Å². The van der Waals surface area contributed by atoms with Gasteiger partial charge in [-0.15, -0.1) is 0 Å². The Labute approximate surface area is 180 Å². The third-order valence-electron chi connectivity index (χ3n) is 4.57. The Morgan fingerprint density at radius 3 is 2.35 bits per heavy atom. The van der Waals surface area contributed by atoms with Crippen molar-refractivity contribution in [3.63, 3.8) is 0 Å². The van der Waals surface area contributed by atoms with Gasteiger partial charge >= 0.3 is 0 Å². The Hall–Kier alpha value is -4.19. The second-order valence-electron chi connectivity index (χ2n) is 6.93. The Morgan fingerprint density at radius 2 is 1.61 bits per heavy atom. The van der Waals surface area contributed by atoms with E-state index in [1.54, 1.807) is 12.4 Å². The van der Waals surface area contributed by atoms with Crippen LogP contribution in [0.5, 0.6) is 5.75 Å². The van der Waals surface area contributed by atoms with E-state index >= 15 is 0 Å². The smallest absolute Gasteiger partial charge is 0.277 e. The van der Waals surface area contributed by atoms with Crippen LogP contribution in [0.15, 0.2) is 102 Å². The van der Waals surface area contributed by atoms with Gasteiger partial charge in [-0.05, 0) is 28.8 Å². The van der Waals surface area contributed by atoms with Gasteiger partial charge in [0.05, 0.1) is 19.0 Å². The summed E-state index contributed by atoms with van der Waals surface area (Å²) in [6.07, 6.45) is 5.12. The van der Waals surface area contributed by atoms with Gasteiger partial charge in [-0.2, -0.15) is 10.2 Å². The molecule has 1 N–H and O–H groups in total. The van der Waals surface area contributed by atoms with E-state index in [0.29, 0.717) is 12.3 Å². The first-order valence-corrected chi connectivity index (χ1v) is 9.93. The molecule has 0 aliphatic carbocycles. The van der Waals surface area contributed by atoms with Gasteiger partial charge in [0.15, 0.2) is 6.61 Å². The zero-order valence-electron chi connectivity index (χ0n) is 16.9. The van der Waals surface area contributed by atoms with Crippen LogP contribution >= 0.6 is 0 Å². The van der Waals surface area contributed by atoms with E-state index in [-0.39, 0.29) is 12.5 Å². The highest BCUT2D eigenvalue weighted by atomic mass is 16.5. The van der Waals surface area contributed by atoms with Gasteiger partial charge in [-0.25, -0.2) is 5.43 Å². The van der Waals surface area contributed by atoms with Gasteiger partial charge in [-0.3, -0.25) is 9.48 Å². The molecule has 154 valence electrons. The number of hydrogen-bond acceptors (Lipinski definition) is 4. The van der Waals surface area contributed by atoms with Crippen LogP contribution in [0.2, 0.25) is 0 Å². The van der Waals surface area contributed by atoms with Crippen molar-refractivity contribution in [2.75, 3.05) is 6.61 Å². The fourth-order valence-corrected chi connectivity index (χ4v) is 3.04.